The van der Waals surface area contributed by atoms with Crippen molar-refractivity contribution in [1.29, 1.82) is 0 Å². The lowest BCUT2D eigenvalue weighted by molar-refractivity contribution is -0.281. The Labute approximate surface area is 114 Å². The number of halogens is 6. The predicted octanol–water partition coefficient (Wildman–Crippen LogP) is 5.68. The van der Waals surface area contributed by atoms with E-state index in [4.69, 9.17) is 0 Å². The molecule has 0 aromatic carbocycles. The normalized spacial score (nSPS) is 15.8. The zero-order valence-corrected chi connectivity index (χ0v) is 12.3. The van der Waals surface area contributed by atoms with E-state index in [1.54, 1.807) is 6.07 Å². The Morgan fingerprint density at radius 3 is 1.89 bits per heavy atom. The van der Waals surface area contributed by atoms with Crippen molar-refractivity contribution in [2.45, 2.75) is 43.1 Å². The van der Waals surface area contributed by atoms with Crippen LogP contribution in [0.25, 0.3) is 0 Å². The minimum atomic E-state index is -5.56. The fourth-order valence-corrected chi connectivity index (χ4v) is 2.99. The zero-order valence-electron chi connectivity index (χ0n) is 9.91. The Morgan fingerprint density at radius 1 is 1.06 bits per heavy atom. The first-order chi connectivity index (χ1) is 7.87. The van der Waals surface area contributed by atoms with Gasteiger partial charge in [0.15, 0.2) is 0 Å². The molecule has 0 spiro atoms. The van der Waals surface area contributed by atoms with Crippen LogP contribution in [0.15, 0.2) is 12.1 Å². The molecular weight excluding hydrogens is 339 g/mol. The molecule has 0 amide bonds. The van der Waals surface area contributed by atoms with Crippen LogP contribution in [-0.2, 0) is 5.41 Å². The molecule has 0 saturated heterocycles. The average molecular weight is 351 g/mol. The quantitative estimate of drug-likeness (QED) is 0.475. The van der Waals surface area contributed by atoms with Crippen molar-refractivity contribution in [1.82, 2.24) is 0 Å². The Morgan fingerprint density at radius 2 is 1.56 bits per heavy atom. The topological polar surface area (TPSA) is 0 Å². The standard InChI is InChI=1S/C11H12BrF5S/c1-9(2,3)7-5-4-6(18-7)8(12)10(13,14)11(15,16)17/h4-5,8H,1-3H3. The molecule has 1 unspecified atom stereocenters. The van der Waals surface area contributed by atoms with E-state index in [1.807, 2.05) is 20.8 Å². The van der Waals surface area contributed by atoms with Crippen molar-refractivity contribution in [2.75, 3.05) is 0 Å². The lowest BCUT2D eigenvalue weighted by Crippen LogP contribution is -2.39. The van der Waals surface area contributed by atoms with Crippen LogP contribution in [0.2, 0.25) is 0 Å². The van der Waals surface area contributed by atoms with E-state index in [9.17, 15) is 22.0 Å². The highest BCUT2D eigenvalue weighted by Crippen LogP contribution is 2.50. The third kappa shape index (κ3) is 3.04. The molecule has 0 aliphatic heterocycles. The highest BCUT2D eigenvalue weighted by atomic mass is 79.9. The van der Waals surface area contributed by atoms with Crippen LogP contribution in [-0.4, -0.2) is 12.1 Å². The van der Waals surface area contributed by atoms with E-state index >= 15 is 0 Å². The number of alkyl halides is 6. The number of rotatable bonds is 2. The van der Waals surface area contributed by atoms with E-state index < -0.39 is 16.9 Å². The number of thiophene rings is 1. The van der Waals surface area contributed by atoms with Gasteiger partial charge in [-0.3, -0.25) is 0 Å². The lowest BCUT2D eigenvalue weighted by atomic mass is 9.95. The summed E-state index contributed by atoms with van der Waals surface area (Å²) in [6, 6.07) is 2.89. The van der Waals surface area contributed by atoms with Gasteiger partial charge in [-0.2, -0.15) is 22.0 Å². The van der Waals surface area contributed by atoms with Crippen molar-refractivity contribution < 1.29 is 22.0 Å². The largest absolute Gasteiger partial charge is 0.454 e. The molecule has 7 heteroatoms. The summed E-state index contributed by atoms with van der Waals surface area (Å²) in [4.78, 5) is -1.31. The van der Waals surface area contributed by atoms with Crippen LogP contribution >= 0.6 is 27.3 Å². The molecule has 0 saturated carbocycles. The van der Waals surface area contributed by atoms with Gasteiger partial charge in [0.2, 0.25) is 0 Å². The SMILES string of the molecule is CC(C)(C)c1ccc(C(Br)C(F)(F)C(F)(F)F)s1. The van der Waals surface area contributed by atoms with Gasteiger partial charge in [0.25, 0.3) is 0 Å². The molecular formula is C11H12BrF5S. The molecule has 0 nitrogen and oxygen atoms in total. The third-order valence-electron chi connectivity index (χ3n) is 2.31. The van der Waals surface area contributed by atoms with Crippen LogP contribution < -0.4 is 0 Å². The van der Waals surface area contributed by atoms with Gasteiger partial charge in [0, 0.05) is 9.75 Å². The molecule has 1 atom stereocenters. The first-order valence-electron chi connectivity index (χ1n) is 5.06. The minimum Gasteiger partial charge on any atom is -0.195 e. The summed E-state index contributed by atoms with van der Waals surface area (Å²) in [7, 11) is 0. The summed E-state index contributed by atoms with van der Waals surface area (Å²) in [5.41, 5.74) is -0.275. The molecule has 18 heavy (non-hydrogen) atoms. The van der Waals surface area contributed by atoms with Gasteiger partial charge in [-0.1, -0.05) is 36.7 Å². The molecule has 1 rings (SSSR count). The lowest BCUT2D eigenvalue weighted by Gasteiger charge is -2.24. The van der Waals surface area contributed by atoms with E-state index in [0.29, 0.717) is 0 Å². The zero-order chi connectivity index (χ0) is 14.4. The highest BCUT2D eigenvalue weighted by molar-refractivity contribution is 9.09. The van der Waals surface area contributed by atoms with Crippen LogP contribution in [0, 0.1) is 0 Å². The van der Waals surface area contributed by atoms with Crippen LogP contribution in [0.4, 0.5) is 22.0 Å². The fourth-order valence-electron chi connectivity index (χ4n) is 1.21. The van der Waals surface area contributed by atoms with Gasteiger partial charge >= 0.3 is 12.1 Å². The Bertz CT molecular complexity index is 416. The van der Waals surface area contributed by atoms with Gasteiger partial charge in [-0.15, -0.1) is 11.3 Å². The Hall–Kier alpha value is -0.170. The maximum Gasteiger partial charge on any atom is 0.454 e. The Kier molecular flexibility index (Phi) is 4.18. The smallest absolute Gasteiger partial charge is 0.195 e. The summed E-state index contributed by atoms with van der Waals surface area (Å²) in [6.07, 6.45) is -5.56. The molecule has 0 aliphatic rings. The van der Waals surface area contributed by atoms with Crippen molar-refractivity contribution in [2.24, 2.45) is 0 Å². The Balaban J connectivity index is 3.06. The molecule has 0 fully saturated rings. The summed E-state index contributed by atoms with van der Waals surface area (Å²) in [5, 5.41) is 0. The molecule has 1 aromatic rings. The number of hydrogen-bond donors (Lipinski definition) is 0. The van der Waals surface area contributed by atoms with Crippen LogP contribution in [0.1, 0.15) is 35.4 Å². The fraction of sp³-hybridized carbons (Fsp3) is 0.636. The molecule has 0 aliphatic carbocycles. The van der Waals surface area contributed by atoms with Crippen molar-refractivity contribution in [3.8, 4) is 0 Å². The molecule has 0 radical (unpaired) electrons. The van der Waals surface area contributed by atoms with Gasteiger partial charge in [-0.25, -0.2) is 0 Å². The maximum absolute atomic E-state index is 13.2. The predicted molar refractivity (Wildman–Crippen MR) is 65.7 cm³/mol. The second kappa shape index (κ2) is 4.74. The molecule has 0 N–H and O–H groups in total. The van der Waals surface area contributed by atoms with Gasteiger partial charge in [0.1, 0.15) is 4.83 Å². The summed E-state index contributed by atoms with van der Waals surface area (Å²) in [6.45, 7) is 5.61. The van der Waals surface area contributed by atoms with E-state index in [2.05, 4.69) is 15.9 Å². The van der Waals surface area contributed by atoms with Crippen molar-refractivity contribution in [3.63, 3.8) is 0 Å². The van der Waals surface area contributed by atoms with Crippen molar-refractivity contribution >= 4 is 27.3 Å². The monoisotopic (exact) mass is 350 g/mol. The second-order valence-electron chi connectivity index (χ2n) is 4.94. The van der Waals surface area contributed by atoms with E-state index in [-0.39, 0.29) is 10.3 Å². The first kappa shape index (κ1) is 15.9. The molecule has 1 heterocycles. The summed E-state index contributed by atoms with van der Waals surface area (Å²) >= 11 is 3.43. The molecule has 1 aromatic heterocycles. The van der Waals surface area contributed by atoms with E-state index in [1.165, 1.54) is 6.07 Å². The summed E-state index contributed by atoms with van der Waals surface area (Å²) < 4.78 is 63.0. The molecule has 104 valence electrons. The highest BCUT2D eigenvalue weighted by Gasteiger charge is 2.62. The third-order valence-corrected chi connectivity index (χ3v) is 5.26. The van der Waals surface area contributed by atoms with Gasteiger partial charge < -0.3 is 0 Å². The van der Waals surface area contributed by atoms with Crippen LogP contribution in [0.3, 0.4) is 0 Å². The van der Waals surface area contributed by atoms with Crippen LogP contribution in [0.5, 0.6) is 0 Å². The number of hydrogen-bond acceptors (Lipinski definition) is 1. The first-order valence-corrected chi connectivity index (χ1v) is 6.79. The maximum atomic E-state index is 13.2. The van der Waals surface area contributed by atoms with Gasteiger partial charge in [-0.05, 0) is 17.5 Å². The van der Waals surface area contributed by atoms with Crippen molar-refractivity contribution in [3.05, 3.63) is 21.9 Å². The summed E-state index contributed by atoms with van der Waals surface area (Å²) in [5.74, 6) is -4.78. The van der Waals surface area contributed by atoms with E-state index in [0.717, 1.165) is 16.2 Å². The average Bonchev–Trinajstić information content (AvgIpc) is 2.62. The second-order valence-corrected chi connectivity index (χ2v) is 6.97. The minimum absolute atomic E-state index is 0.0257. The van der Waals surface area contributed by atoms with Gasteiger partial charge in [0.05, 0.1) is 0 Å². The molecule has 0 bridgehead atoms.